The van der Waals surface area contributed by atoms with Crippen LogP contribution in [-0.2, 0) is 9.05 Å². The van der Waals surface area contributed by atoms with E-state index in [4.69, 9.17) is 15.4 Å². The average molecular weight is 330 g/mol. The van der Waals surface area contributed by atoms with Gasteiger partial charge in [-0.25, -0.2) is 8.42 Å². The van der Waals surface area contributed by atoms with Gasteiger partial charge in [-0.3, -0.25) is 4.57 Å². The van der Waals surface area contributed by atoms with Gasteiger partial charge in [-0.2, -0.15) is 0 Å². The topological polar surface area (TPSA) is 74.1 Å². The molecule has 0 bridgehead atoms. The van der Waals surface area contributed by atoms with Crippen molar-refractivity contribution in [1.82, 2.24) is 14.8 Å². The van der Waals surface area contributed by atoms with Gasteiger partial charge in [-0.05, 0) is 45.0 Å². The van der Waals surface area contributed by atoms with E-state index in [2.05, 4.69) is 10.2 Å². The summed E-state index contributed by atoms with van der Waals surface area (Å²) in [5.41, 5.74) is 0.742. The highest BCUT2D eigenvalue weighted by Crippen LogP contribution is 2.27. The maximum Gasteiger partial charge on any atom is 0.296 e. The number of rotatable bonds is 5. The van der Waals surface area contributed by atoms with Crippen molar-refractivity contribution in [2.75, 3.05) is 6.61 Å². The first-order valence-corrected chi connectivity index (χ1v) is 8.78. The Kier molecular flexibility index (Phi) is 4.53. The van der Waals surface area contributed by atoms with Crippen LogP contribution >= 0.6 is 10.7 Å². The van der Waals surface area contributed by atoms with E-state index in [-0.39, 0.29) is 11.2 Å². The Bertz CT molecular complexity index is 724. The molecule has 21 heavy (non-hydrogen) atoms. The van der Waals surface area contributed by atoms with E-state index in [0.717, 1.165) is 11.3 Å². The average Bonchev–Trinajstić information content (AvgIpc) is 2.85. The van der Waals surface area contributed by atoms with Crippen LogP contribution in [0.25, 0.3) is 11.4 Å². The molecule has 0 saturated heterocycles. The third-order valence-corrected chi connectivity index (χ3v) is 3.95. The number of hydrogen-bond donors (Lipinski definition) is 0. The van der Waals surface area contributed by atoms with E-state index in [0.29, 0.717) is 12.4 Å². The Morgan fingerprint density at radius 3 is 2.33 bits per heavy atom. The van der Waals surface area contributed by atoms with Crippen molar-refractivity contribution in [3.63, 3.8) is 0 Å². The van der Waals surface area contributed by atoms with Crippen LogP contribution in [0.15, 0.2) is 29.4 Å². The Hall–Kier alpha value is -1.60. The molecule has 6 nitrogen and oxygen atoms in total. The SMILES string of the molecule is CCOc1ccc(-c2nnc(S(=O)(=O)Cl)n2C(C)C)cc1. The second-order valence-corrected chi connectivity index (χ2v) is 7.12. The molecule has 0 aliphatic carbocycles. The van der Waals surface area contributed by atoms with Crippen LogP contribution in [0.2, 0.25) is 0 Å². The first-order valence-electron chi connectivity index (χ1n) is 6.47. The minimum atomic E-state index is -3.95. The van der Waals surface area contributed by atoms with Gasteiger partial charge < -0.3 is 4.74 Å². The number of nitrogens with zero attached hydrogens (tertiary/aromatic N) is 3. The Morgan fingerprint density at radius 2 is 1.86 bits per heavy atom. The van der Waals surface area contributed by atoms with Gasteiger partial charge in [0.1, 0.15) is 5.75 Å². The van der Waals surface area contributed by atoms with Crippen LogP contribution < -0.4 is 4.74 Å². The van der Waals surface area contributed by atoms with Crippen molar-refractivity contribution in [2.45, 2.75) is 32.0 Å². The monoisotopic (exact) mass is 329 g/mol. The zero-order valence-corrected chi connectivity index (χ0v) is 13.5. The summed E-state index contributed by atoms with van der Waals surface area (Å²) in [6.45, 7) is 6.16. The molecule has 1 aromatic carbocycles. The van der Waals surface area contributed by atoms with Crippen molar-refractivity contribution in [2.24, 2.45) is 0 Å². The lowest BCUT2D eigenvalue weighted by Gasteiger charge is -2.12. The molecule has 1 aromatic heterocycles. The lowest BCUT2D eigenvalue weighted by atomic mass is 10.2. The lowest BCUT2D eigenvalue weighted by Crippen LogP contribution is -2.10. The molecule has 8 heteroatoms. The second-order valence-electron chi connectivity index (χ2n) is 4.67. The third kappa shape index (κ3) is 3.36. The number of hydrogen-bond acceptors (Lipinski definition) is 5. The quantitative estimate of drug-likeness (QED) is 0.788. The zero-order chi connectivity index (χ0) is 15.6. The van der Waals surface area contributed by atoms with Gasteiger partial charge in [0, 0.05) is 22.3 Å². The maximum absolute atomic E-state index is 11.6. The Labute approximate surface area is 128 Å². The third-order valence-electron chi connectivity index (χ3n) is 2.82. The smallest absolute Gasteiger partial charge is 0.296 e. The molecule has 0 spiro atoms. The molecule has 0 saturated carbocycles. The molecule has 0 amide bonds. The van der Waals surface area contributed by atoms with E-state index in [1.807, 2.05) is 20.8 Å². The summed E-state index contributed by atoms with van der Waals surface area (Å²) < 4.78 is 30.0. The summed E-state index contributed by atoms with van der Waals surface area (Å²) in [5, 5.41) is 7.42. The summed E-state index contributed by atoms with van der Waals surface area (Å²) in [6, 6.07) is 7.06. The number of halogens is 1. The molecule has 0 unspecified atom stereocenters. The van der Waals surface area contributed by atoms with Gasteiger partial charge in [-0.15, -0.1) is 10.2 Å². The molecule has 0 aliphatic rings. The molecule has 0 atom stereocenters. The number of benzene rings is 1. The van der Waals surface area contributed by atoms with Crippen molar-refractivity contribution >= 4 is 19.7 Å². The molecule has 114 valence electrons. The van der Waals surface area contributed by atoms with E-state index in [1.54, 1.807) is 24.3 Å². The van der Waals surface area contributed by atoms with E-state index in [1.165, 1.54) is 4.57 Å². The first kappa shape index (κ1) is 15.8. The highest BCUT2D eigenvalue weighted by Gasteiger charge is 2.24. The largest absolute Gasteiger partial charge is 0.494 e. The van der Waals surface area contributed by atoms with Crippen LogP contribution in [0.5, 0.6) is 5.75 Å². The molecular weight excluding hydrogens is 314 g/mol. The molecule has 0 N–H and O–H groups in total. The molecule has 2 rings (SSSR count). The molecule has 0 aliphatic heterocycles. The fourth-order valence-corrected chi connectivity index (χ4v) is 2.96. The van der Waals surface area contributed by atoms with E-state index < -0.39 is 9.05 Å². The van der Waals surface area contributed by atoms with Crippen LogP contribution in [0.3, 0.4) is 0 Å². The predicted molar refractivity (Wildman–Crippen MR) is 80.1 cm³/mol. The van der Waals surface area contributed by atoms with Gasteiger partial charge in [0.25, 0.3) is 14.2 Å². The second kappa shape index (κ2) is 6.03. The first-order chi connectivity index (χ1) is 9.84. The van der Waals surface area contributed by atoms with Crippen molar-refractivity contribution in [3.05, 3.63) is 24.3 Å². The van der Waals surface area contributed by atoms with Crippen LogP contribution in [0.4, 0.5) is 0 Å². The minimum Gasteiger partial charge on any atom is -0.494 e. The van der Waals surface area contributed by atoms with Gasteiger partial charge >= 0.3 is 0 Å². The van der Waals surface area contributed by atoms with Crippen molar-refractivity contribution in [1.29, 1.82) is 0 Å². The lowest BCUT2D eigenvalue weighted by molar-refractivity contribution is 0.340. The minimum absolute atomic E-state index is 0.148. The fraction of sp³-hybridized carbons (Fsp3) is 0.385. The summed E-state index contributed by atoms with van der Waals surface area (Å²) in [6.07, 6.45) is 0. The number of ether oxygens (including phenoxy) is 1. The van der Waals surface area contributed by atoms with Gasteiger partial charge in [-0.1, -0.05) is 0 Å². The fourth-order valence-electron chi connectivity index (χ4n) is 1.97. The van der Waals surface area contributed by atoms with Crippen LogP contribution in [0.1, 0.15) is 26.8 Å². The summed E-state index contributed by atoms with van der Waals surface area (Å²) in [4.78, 5) is 0. The predicted octanol–water partition coefficient (Wildman–Crippen LogP) is 2.85. The molecule has 0 fully saturated rings. The van der Waals surface area contributed by atoms with Crippen LogP contribution in [-0.4, -0.2) is 29.8 Å². The molecular formula is C13H16ClN3O3S. The Balaban J connectivity index is 2.51. The summed E-state index contributed by atoms with van der Waals surface area (Å²) in [7, 11) is 1.46. The van der Waals surface area contributed by atoms with E-state index >= 15 is 0 Å². The van der Waals surface area contributed by atoms with Gasteiger partial charge in [0.15, 0.2) is 5.82 Å². The van der Waals surface area contributed by atoms with E-state index in [9.17, 15) is 8.42 Å². The molecule has 0 radical (unpaired) electrons. The highest BCUT2D eigenvalue weighted by atomic mass is 35.7. The van der Waals surface area contributed by atoms with Crippen LogP contribution in [0, 0.1) is 0 Å². The maximum atomic E-state index is 11.6. The van der Waals surface area contributed by atoms with Crippen molar-refractivity contribution in [3.8, 4) is 17.1 Å². The Morgan fingerprint density at radius 1 is 1.24 bits per heavy atom. The normalized spacial score (nSPS) is 11.9. The standard InChI is InChI=1S/C13H16ClN3O3S/c1-4-20-11-7-5-10(6-8-11)12-15-16-13(21(14,18)19)17(12)9(2)3/h5-9H,4H2,1-3H3. The van der Waals surface area contributed by atoms with Crippen molar-refractivity contribution < 1.29 is 13.2 Å². The molecule has 2 aromatic rings. The molecule has 1 heterocycles. The summed E-state index contributed by atoms with van der Waals surface area (Å²) >= 11 is 0. The van der Waals surface area contributed by atoms with Gasteiger partial charge in [0.05, 0.1) is 6.61 Å². The van der Waals surface area contributed by atoms with Gasteiger partial charge in [0.2, 0.25) is 0 Å². The zero-order valence-electron chi connectivity index (χ0n) is 11.9. The highest BCUT2D eigenvalue weighted by molar-refractivity contribution is 8.13. The number of aromatic nitrogens is 3. The summed E-state index contributed by atoms with van der Waals surface area (Å²) in [5.74, 6) is 1.19.